The summed E-state index contributed by atoms with van der Waals surface area (Å²) in [4.78, 5) is 2.21. The lowest BCUT2D eigenvalue weighted by molar-refractivity contribution is -0.137. The Morgan fingerprint density at radius 1 is 0.655 bits per heavy atom. The fourth-order valence-corrected chi connectivity index (χ4v) is 4.08. The van der Waals surface area contributed by atoms with Crippen LogP contribution in [0.1, 0.15) is 41.6 Å². The van der Waals surface area contributed by atoms with E-state index in [4.69, 9.17) is 11.5 Å². The van der Waals surface area contributed by atoms with Crippen molar-refractivity contribution >= 4 is 17.1 Å². The van der Waals surface area contributed by atoms with Crippen molar-refractivity contribution < 1.29 is 13.2 Å². The fraction of sp³-hybridized carbons (Fsp3) is 0.217. The average Bonchev–Trinajstić information content (AvgIpc) is 3.13. The molecule has 3 nitrogen and oxygen atoms in total. The zero-order chi connectivity index (χ0) is 20.6. The number of halogens is 3. The zero-order valence-electron chi connectivity index (χ0n) is 15.7. The van der Waals surface area contributed by atoms with E-state index in [-0.39, 0.29) is 12.1 Å². The summed E-state index contributed by atoms with van der Waals surface area (Å²) in [6.07, 6.45) is -2.57. The van der Waals surface area contributed by atoms with Gasteiger partial charge in [0.05, 0.1) is 17.6 Å². The van der Waals surface area contributed by atoms with E-state index < -0.39 is 11.7 Å². The first-order valence-electron chi connectivity index (χ1n) is 9.49. The Morgan fingerprint density at radius 3 is 1.45 bits per heavy atom. The van der Waals surface area contributed by atoms with Crippen molar-refractivity contribution in [1.29, 1.82) is 0 Å². The summed E-state index contributed by atoms with van der Waals surface area (Å²) in [6.45, 7) is 0. The lowest BCUT2D eigenvalue weighted by Gasteiger charge is -2.33. The van der Waals surface area contributed by atoms with Crippen LogP contribution in [0.2, 0.25) is 0 Å². The molecule has 1 saturated heterocycles. The molecule has 150 valence electrons. The summed E-state index contributed by atoms with van der Waals surface area (Å²) in [5, 5.41) is 0. The van der Waals surface area contributed by atoms with Crippen molar-refractivity contribution in [3.05, 3.63) is 89.5 Å². The van der Waals surface area contributed by atoms with Gasteiger partial charge in [-0.3, -0.25) is 0 Å². The monoisotopic (exact) mass is 397 g/mol. The second-order valence-electron chi connectivity index (χ2n) is 7.39. The number of nitrogens with zero attached hydrogens (tertiary/aromatic N) is 1. The summed E-state index contributed by atoms with van der Waals surface area (Å²) in [6, 6.07) is 20.9. The maximum absolute atomic E-state index is 13.0. The van der Waals surface area contributed by atoms with E-state index in [0.717, 1.165) is 41.8 Å². The average molecular weight is 397 g/mol. The van der Waals surface area contributed by atoms with Gasteiger partial charge in [-0.25, -0.2) is 0 Å². The van der Waals surface area contributed by atoms with Crippen molar-refractivity contribution in [3.63, 3.8) is 0 Å². The molecular weight excluding hydrogens is 375 g/mol. The Balaban J connectivity index is 1.74. The highest BCUT2D eigenvalue weighted by Crippen LogP contribution is 2.47. The molecule has 0 aliphatic carbocycles. The van der Waals surface area contributed by atoms with Gasteiger partial charge >= 0.3 is 6.18 Å². The van der Waals surface area contributed by atoms with Gasteiger partial charge in [-0.1, -0.05) is 24.3 Å². The van der Waals surface area contributed by atoms with E-state index in [1.165, 1.54) is 0 Å². The van der Waals surface area contributed by atoms with Crippen LogP contribution < -0.4 is 16.4 Å². The lowest BCUT2D eigenvalue weighted by atomic mass is 10.0. The van der Waals surface area contributed by atoms with Gasteiger partial charge in [0.15, 0.2) is 0 Å². The van der Waals surface area contributed by atoms with E-state index >= 15 is 0 Å². The third-order valence-electron chi connectivity index (χ3n) is 5.52. The van der Waals surface area contributed by atoms with Crippen LogP contribution in [-0.4, -0.2) is 0 Å². The molecule has 4 rings (SSSR count). The van der Waals surface area contributed by atoms with Gasteiger partial charge < -0.3 is 16.4 Å². The topological polar surface area (TPSA) is 55.3 Å². The molecule has 1 aliphatic heterocycles. The SMILES string of the molecule is Nc1ccc([C@H]2CC[C@H](c3ccc(N)cc3)N2c2ccc(C(F)(F)F)cc2)cc1. The Bertz CT molecular complexity index is 911. The molecular formula is C23H22F3N3. The largest absolute Gasteiger partial charge is 0.416 e. The molecule has 0 bridgehead atoms. The third-order valence-corrected chi connectivity index (χ3v) is 5.52. The van der Waals surface area contributed by atoms with Crippen molar-refractivity contribution in [2.24, 2.45) is 0 Å². The van der Waals surface area contributed by atoms with Crippen LogP contribution >= 0.6 is 0 Å². The van der Waals surface area contributed by atoms with Crippen molar-refractivity contribution in [3.8, 4) is 0 Å². The maximum atomic E-state index is 13.0. The van der Waals surface area contributed by atoms with Gasteiger partial charge in [0.2, 0.25) is 0 Å². The highest BCUT2D eigenvalue weighted by molar-refractivity contribution is 5.55. The Kier molecular flexibility index (Phi) is 4.86. The predicted octanol–water partition coefficient (Wildman–Crippen LogP) is 5.95. The van der Waals surface area contributed by atoms with Gasteiger partial charge in [0.25, 0.3) is 0 Å². The van der Waals surface area contributed by atoms with E-state index in [1.54, 1.807) is 12.1 Å². The number of alkyl halides is 3. The van der Waals surface area contributed by atoms with Crippen LogP contribution in [0.3, 0.4) is 0 Å². The molecule has 0 saturated carbocycles. The molecule has 0 radical (unpaired) electrons. The van der Waals surface area contributed by atoms with Crippen molar-refractivity contribution in [2.45, 2.75) is 31.1 Å². The molecule has 1 aliphatic rings. The van der Waals surface area contributed by atoms with Crippen molar-refractivity contribution in [1.82, 2.24) is 0 Å². The second kappa shape index (κ2) is 7.35. The fourth-order valence-electron chi connectivity index (χ4n) is 4.08. The minimum Gasteiger partial charge on any atom is -0.399 e. The van der Waals surface area contributed by atoms with E-state index in [0.29, 0.717) is 11.4 Å². The number of hydrogen-bond donors (Lipinski definition) is 2. The number of rotatable bonds is 3. The number of anilines is 3. The van der Waals surface area contributed by atoms with Gasteiger partial charge in [-0.05, 0) is 72.5 Å². The molecule has 29 heavy (non-hydrogen) atoms. The summed E-state index contributed by atoms with van der Waals surface area (Å²) >= 11 is 0. The van der Waals surface area contributed by atoms with Crippen LogP contribution in [0.25, 0.3) is 0 Å². The van der Waals surface area contributed by atoms with Crippen LogP contribution in [-0.2, 0) is 6.18 Å². The summed E-state index contributed by atoms with van der Waals surface area (Å²) in [5.74, 6) is 0. The molecule has 6 heteroatoms. The molecule has 4 N–H and O–H groups in total. The number of nitrogens with two attached hydrogens (primary N) is 2. The predicted molar refractivity (Wildman–Crippen MR) is 110 cm³/mol. The zero-order valence-corrected chi connectivity index (χ0v) is 15.7. The normalized spacial score (nSPS) is 19.5. The lowest BCUT2D eigenvalue weighted by Crippen LogP contribution is -2.26. The smallest absolute Gasteiger partial charge is 0.399 e. The first-order valence-corrected chi connectivity index (χ1v) is 9.49. The minimum atomic E-state index is -4.35. The molecule has 0 spiro atoms. The quantitative estimate of drug-likeness (QED) is 0.537. The van der Waals surface area contributed by atoms with E-state index in [2.05, 4.69) is 4.90 Å². The van der Waals surface area contributed by atoms with E-state index in [1.807, 2.05) is 48.5 Å². The molecule has 3 aromatic rings. The molecule has 3 aromatic carbocycles. The van der Waals surface area contributed by atoms with Crippen LogP contribution in [0, 0.1) is 0 Å². The first-order chi connectivity index (χ1) is 13.8. The Labute approximate surface area is 167 Å². The molecule has 1 fully saturated rings. The maximum Gasteiger partial charge on any atom is 0.416 e. The number of nitrogen functional groups attached to an aromatic ring is 2. The number of hydrogen-bond acceptors (Lipinski definition) is 3. The molecule has 2 atom stereocenters. The van der Waals surface area contributed by atoms with Crippen LogP contribution in [0.5, 0.6) is 0 Å². The summed E-state index contributed by atoms with van der Waals surface area (Å²) in [7, 11) is 0. The van der Waals surface area contributed by atoms with Gasteiger partial charge in [-0.2, -0.15) is 13.2 Å². The number of benzene rings is 3. The van der Waals surface area contributed by atoms with E-state index in [9.17, 15) is 13.2 Å². The van der Waals surface area contributed by atoms with Crippen molar-refractivity contribution in [2.75, 3.05) is 16.4 Å². The first kappa shape index (κ1) is 19.2. The van der Waals surface area contributed by atoms with Crippen LogP contribution in [0.4, 0.5) is 30.2 Å². The third kappa shape index (κ3) is 3.88. The van der Waals surface area contributed by atoms with Gasteiger partial charge in [0, 0.05) is 17.1 Å². The summed E-state index contributed by atoms with van der Waals surface area (Å²) < 4.78 is 39.1. The molecule has 0 amide bonds. The Hall–Kier alpha value is -3.15. The van der Waals surface area contributed by atoms with Crippen LogP contribution in [0.15, 0.2) is 72.8 Å². The Morgan fingerprint density at radius 2 is 1.07 bits per heavy atom. The highest BCUT2D eigenvalue weighted by Gasteiger charge is 2.36. The molecule has 1 heterocycles. The molecule has 0 unspecified atom stereocenters. The minimum absolute atomic E-state index is 0.0508. The molecule has 0 aromatic heterocycles. The second-order valence-corrected chi connectivity index (χ2v) is 7.39. The highest BCUT2D eigenvalue weighted by atomic mass is 19.4. The summed E-state index contributed by atoms with van der Waals surface area (Å²) in [5.41, 5.74) is 15.3. The standard InChI is InChI=1S/C23H22F3N3/c24-23(25,26)17-5-11-20(12-6-17)29-21(15-1-7-18(27)8-2-15)13-14-22(29)16-3-9-19(28)10-4-16/h1-12,21-22H,13-14,27-28H2/t21-,22-/m1/s1. The van der Waals surface area contributed by atoms with Gasteiger partial charge in [-0.15, -0.1) is 0 Å². The van der Waals surface area contributed by atoms with Gasteiger partial charge in [0.1, 0.15) is 0 Å².